The first-order chi connectivity index (χ1) is 9.02. The van der Waals surface area contributed by atoms with Gasteiger partial charge < -0.3 is 9.32 Å². The van der Waals surface area contributed by atoms with E-state index in [1.165, 1.54) is 12.1 Å². The zero-order chi connectivity index (χ0) is 14.0. The predicted molar refractivity (Wildman–Crippen MR) is 71.9 cm³/mol. The van der Waals surface area contributed by atoms with Crippen molar-refractivity contribution in [2.45, 2.75) is 20.8 Å². The second-order valence-corrected chi connectivity index (χ2v) is 4.35. The van der Waals surface area contributed by atoms with Crippen LogP contribution in [0.3, 0.4) is 0 Å². The van der Waals surface area contributed by atoms with Gasteiger partial charge in [-0.2, -0.15) is 0 Å². The lowest BCUT2D eigenvalue weighted by atomic mass is 10.2. The normalized spacial score (nSPS) is 10.5. The predicted octanol–water partition coefficient (Wildman–Crippen LogP) is 3.70. The minimum Gasteiger partial charge on any atom is -0.466 e. The van der Waals surface area contributed by atoms with Crippen LogP contribution in [0.1, 0.15) is 28.8 Å². The summed E-state index contributed by atoms with van der Waals surface area (Å²) < 4.78 is 18.3. The van der Waals surface area contributed by atoms with Gasteiger partial charge in [0.25, 0.3) is 5.91 Å². The molecule has 0 radical (unpaired) electrons. The second-order valence-electron chi connectivity index (χ2n) is 4.35. The molecule has 0 saturated carbocycles. The van der Waals surface area contributed by atoms with Crippen LogP contribution in [0.15, 0.2) is 34.7 Å². The molecule has 0 N–H and O–H groups in total. The lowest BCUT2D eigenvalue weighted by molar-refractivity contribution is 0.0987. The molecule has 19 heavy (non-hydrogen) atoms. The fourth-order valence-electron chi connectivity index (χ4n) is 2.05. The lowest BCUT2D eigenvalue weighted by Gasteiger charge is -2.20. The Hall–Kier alpha value is -2.10. The van der Waals surface area contributed by atoms with Gasteiger partial charge >= 0.3 is 0 Å². The molecule has 0 aliphatic heterocycles. The molecule has 0 spiro atoms. The average Bonchev–Trinajstić information content (AvgIpc) is 2.71. The van der Waals surface area contributed by atoms with Crippen LogP contribution in [-0.4, -0.2) is 12.5 Å². The monoisotopic (exact) mass is 261 g/mol. The summed E-state index contributed by atoms with van der Waals surface area (Å²) in [7, 11) is 0. The van der Waals surface area contributed by atoms with E-state index in [0.29, 0.717) is 29.3 Å². The van der Waals surface area contributed by atoms with Crippen LogP contribution in [-0.2, 0) is 0 Å². The van der Waals surface area contributed by atoms with Gasteiger partial charge in [-0.3, -0.25) is 4.79 Å². The van der Waals surface area contributed by atoms with E-state index in [1.807, 2.05) is 6.92 Å². The molecule has 2 aromatic rings. The van der Waals surface area contributed by atoms with Crippen molar-refractivity contribution in [2.24, 2.45) is 0 Å². The van der Waals surface area contributed by atoms with Crippen molar-refractivity contribution in [3.63, 3.8) is 0 Å². The molecule has 4 heteroatoms. The van der Waals surface area contributed by atoms with E-state index < -0.39 is 0 Å². The molecule has 0 saturated heterocycles. The number of hydrogen-bond acceptors (Lipinski definition) is 2. The molecule has 0 atom stereocenters. The Balaban J connectivity index is 2.34. The molecule has 2 rings (SSSR count). The Bertz CT molecular complexity index is 587. The van der Waals surface area contributed by atoms with Crippen LogP contribution in [0.2, 0.25) is 0 Å². The number of rotatable bonds is 3. The lowest BCUT2D eigenvalue weighted by Crippen LogP contribution is -2.30. The molecule has 1 aromatic carbocycles. The highest BCUT2D eigenvalue weighted by Gasteiger charge is 2.20. The van der Waals surface area contributed by atoms with Gasteiger partial charge in [0, 0.05) is 12.2 Å². The highest BCUT2D eigenvalue weighted by molar-refractivity contribution is 6.06. The third-order valence-electron chi connectivity index (χ3n) is 2.97. The number of aryl methyl sites for hydroxylation is 2. The number of nitrogens with zero attached hydrogens (tertiary/aromatic N) is 1. The van der Waals surface area contributed by atoms with Crippen molar-refractivity contribution >= 4 is 11.6 Å². The van der Waals surface area contributed by atoms with Gasteiger partial charge in [-0.05, 0) is 51.1 Å². The third kappa shape index (κ3) is 2.67. The van der Waals surface area contributed by atoms with Crippen molar-refractivity contribution in [2.75, 3.05) is 11.4 Å². The van der Waals surface area contributed by atoms with E-state index >= 15 is 0 Å². The molecule has 1 aromatic heterocycles. The highest BCUT2D eigenvalue weighted by atomic mass is 19.1. The summed E-state index contributed by atoms with van der Waals surface area (Å²) in [5.41, 5.74) is 1.22. The van der Waals surface area contributed by atoms with Crippen molar-refractivity contribution in [1.29, 1.82) is 0 Å². The van der Waals surface area contributed by atoms with Gasteiger partial charge in [-0.1, -0.05) is 0 Å². The Morgan fingerprint density at radius 2 is 1.89 bits per heavy atom. The van der Waals surface area contributed by atoms with Crippen LogP contribution in [0.5, 0.6) is 0 Å². The summed E-state index contributed by atoms with van der Waals surface area (Å²) in [4.78, 5) is 14.1. The zero-order valence-corrected chi connectivity index (χ0v) is 11.2. The van der Waals surface area contributed by atoms with Crippen LogP contribution >= 0.6 is 0 Å². The SMILES string of the molecule is CCN(C(=O)c1cc(C)oc1C)c1ccc(F)cc1. The first kappa shape index (κ1) is 13.3. The maximum Gasteiger partial charge on any atom is 0.261 e. The van der Waals surface area contributed by atoms with Gasteiger partial charge in [-0.25, -0.2) is 4.39 Å². The maximum atomic E-state index is 12.9. The number of carbonyl (C=O) groups excluding carboxylic acids is 1. The molecular formula is C15H16FNO2. The maximum absolute atomic E-state index is 12.9. The quantitative estimate of drug-likeness (QED) is 0.844. The van der Waals surface area contributed by atoms with Crippen molar-refractivity contribution < 1.29 is 13.6 Å². The summed E-state index contributed by atoms with van der Waals surface area (Å²) in [6.45, 7) is 5.95. The van der Waals surface area contributed by atoms with Crippen molar-refractivity contribution in [1.82, 2.24) is 0 Å². The number of carbonyl (C=O) groups is 1. The van der Waals surface area contributed by atoms with Crippen LogP contribution < -0.4 is 4.90 Å². The third-order valence-corrected chi connectivity index (χ3v) is 2.97. The van der Waals surface area contributed by atoms with Crippen LogP contribution in [0.4, 0.5) is 10.1 Å². The Morgan fingerprint density at radius 3 is 2.37 bits per heavy atom. The summed E-state index contributed by atoms with van der Waals surface area (Å²) in [5, 5.41) is 0. The zero-order valence-electron chi connectivity index (χ0n) is 11.2. The molecule has 1 heterocycles. The molecule has 0 unspecified atom stereocenters. The number of halogens is 1. The number of hydrogen-bond donors (Lipinski definition) is 0. The van der Waals surface area contributed by atoms with E-state index in [0.717, 1.165) is 0 Å². The summed E-state index contributed by atoms with van der Waals surface area (Å²) in [6.07, 6.45) is 0. The van der Waals surface area contributed by atoms with Gasteiger partial charge in [0.05, 0.1) is 5.56 Å². The average molecular weight is 261 g/mol. The molecule has 1 amide bonds. The smallest absolute Gasteiger partial charge is 0.261 e. The number of amides is 1. The topological polar surface area (TPSA) is 33.5 Å². The molecular weight excluding hydrogens is 245 g/mol. The minimum atomic E-state index is -0.317. The van der Waals surface area contributed by atoms with Crippen LogP contribution in [0.25, 0.3) is 0 Å². The van der Waals surface area contributed by atoms with Crippen LogP contribution in [0, 0.1) is 19.7 Å². The van der Waals surface area contributed by atoms with Gasteiger partial charge in [0.15, 0.2) is 0 Å². The largest absolute Gasteiger partial charge is 0.466 e. The summed E-state index contributed by atoms with van der Waals surface area (Å²) >= 11 is 0. The highest BCUT2D eigenvalue weighted by Crippen LogP contribution is 2.21. The van der Waals surface area contributed by atoms with E-state index in [4.69, 9.17) is 4.42 Å². The summed E-state index contributed by atoms with van der Waals surface area (Å²) in [6, 6.07) is 7.61. The number of benzene rings is 1. The second kappa shape index (κ2) is 5.26. The number of furan rings is 1. The summed E-state index contributed by atoms with van der Waals surface area (Å²) in [5.74, 6) is 0.852. The van der Waals surface area contributed by atoms with Crippen molar-refractivity contribution in [3.8, 4) is 0 Å². The van der Waals surface area contributed by atoms with Gasteiger partial charge in [0.2, 0.25) is 0 Å². The fraction of sp³-hybridized carbons (Fsp3) is 0.267. The van der Waals surface area contributed by atoms with Crippen molar-refractivity contribution in [3.05, 3.63) is 53.2 Å². The Kier molecular flexibility index (Phi) is 3.69. The number of anilines is 1. The molecule has 0 bridgehead atoms. The Labute approximate surface area is 111 Å². The first-order valence-corrected chi connectivity index (χ1v) is 6.17. The van der Waals surface area contributed by atoms with E-state index in [1.54, 1.807) is 36.9 Å². The Morgan fingerprint density at radius 1 is 1.26 bits per heavy atom. The van der Waals surface area contributed by atoms with E-state index in [-0.39, 0.29) is 11.7 Å². The van der Waals surface area contributed by atoms with Gasteiger partial charge in [-0.15, -0.1) is 0 Å². The molecule has 3 nitrogen and oxygen atoms in total. The molecule has 0 fully saturated rings. The molecule has 0 aliphatic carbocycles. The van der Waals surface area contributed by atoms with E-state index in [2.05, 4.69) is 0 Å². The fourth-order valence-corrected chi connectivity index (χ4v) is 2.05. The van der Waals surface area contributed by atoms with Gasteiger partial charge in [0.1, 0.15) is 17.3 Å². The first-order valence-electron chi connectivity index (χ1n) is 6.17. The molecule has 100 valence electrons. The standard InChI is InChI=1S/C15H16FNO2/c1-4-17(13-7-5-12(16)6-8-13)15(18)14-9-10(2)19-11(14)3/h5-9H,4H2,1-3H3. The van der Waals surface area contributed by atoms with E-state index in [9.17, 15) is 9.18 Å². The molecule has 0 aliphatic rings. The minimum absolute atomic E-state index is 0.136.